The SMILES string of the molecule is CC(CCO)NS(=O)(=O)c1ccc([N+](=O)[O-])cc1. The van der Waals surface area contributed by atoms with E-state index in [1.807, 2.05) is 0 Å². The molecule has 1 rings (SSSR count). The Morgan fingerprint density at radius 3 is 2.39 bits per heavy atom. The van der Waals surface area contributed by atoms with Gasteiger partial charge in [0.1, 0.15) is 0 Å². The van der Waals surface area contributed by atoms with Crippen LogP contribution >= 0.6 is 0 Å². The van der Waals surface area contributed by atoms with Crippen molar-refractivity contribution in [2.24, 2.45) is 0 Å². The fourth-order valence-electron chi connectivity index (χ4n) is 1.33. The number of nitro groups is 1. The summed E-state index contributed by atoms with van der Waals surface area (Å²) in [6.07, 6.45) is 0.298. The minimum Gasteiger partial charge on any atom is -0.396 e. The van der Waals surface area contributed by atoms with Crippen LogP contribution in [0.1, 0.15) is 13.3 Å². The molecule has 0 fully saturated rings. The van der Waals surface area contributed by atoms with E-state index in [9.17, 15) is 18.5 Å². The van der Waals surface area contributed by atoms with E-state index in [0.717, 1.165) is 12.1 Å². The van der Waals surface area contributed by atoms with Gasteiger partial charge in [-0.15, -0.1) is 0 Å². The monoisotopic (exact) mass is 274 g/mol. The fraction of sp³-hybridized carbons (Fsp3) is 0.400. The van der Waals surface area contributed by atoms with Crippen LogP contribution in [0.2, 0.25) is 0 Å². The highest BCUT2D eigenvalue weighted by atomic mass is 32.2. The van der Waals surface area contributed by atoms with Crippen molar-refractivity contribution < 1.29 is 18.4 Å². The maximum absolute atomic E-state index is 11.8. The first-order valence-electron chi connectivity index (χ1n) is 5.24. The number of nitro benzene ring substituents is 1. The van der Waals surface area contributed by atoms with E-state index in [4.69, 9.17) is 5.11 Å². The molecule has 100 valence electrons. The van der Waals surface area contributed by atoms with Crippen molar-refractivity contribution >= 4 is 15.7 Å². The van der Waals surface area contributed by atoms with Gasteiger partial charge in [0.15, 0.2) is 0 Å². The van der Waals surface area contributed by atoms with Gasteiger partial charge in [0.25, 0.3) is 5.69 Å². The zero-order chi connectivity index (χ0) is 13.8. The molecule has 0 spiro atoms. The third-order valence-electron chi connectivity index (χ3n) is 2.28. The van der Waals surface area contributed by atoms with E-state index >= 15 is 0 Å². The standard InChI is InChI=1S/C10H14N2O5S/c1-8(6-7-13)11-18(16,17)10-4-2-9(3-5-10)12(14)15/h2-5,8,11,13H,6-7H2,1H3. The second-order valence-corrected chi connectivity index (χ2v) is 5.50. The van der Waals surface area contributed by atoms with Crippen LogP contribution in [-0.4, -0.2) is 31.1 Å². The number of sulfonamides is 1. The van der Waals surface area contributed by atoms with Crippen LogP contribution in [0.4, 0.5) is 5.69 Å². The lowest BCUT2D eigenvalue weighted by atomic mass is 10.3. The Morgan fingerprint density at radius 1 is 1.39 bits per heavy atom. The number of benzene rings is 1. The van der Waals surface area contributed by atoms with Crippen molar-refractivity contribution in [2.75, 3.05) is 6.61 Å². The molecule has 0 radical (unpaired) electrons. The number of nitrogens with zero attached hydrogens (tertiary/aromatic N) is 1. The third-order valence-corrected chi connectivity index (χ3v) is 3.88. The van der Waals surface area contributed by atoms with Crippen LogP contribution < -0.4 is 4.72 Å². The summed E-state index contributed by atoms with van der Waals surface area (Å²) in [5, 5.41) is 19.1. The van der Waals surface area contributed by atoms with Gasteiger partial charge < -0.3 is 5.11 Å². The normalized spacial score (nSPS) is 13.2. The molecule has 7 nitrogen and oxygen atoms in total. The molecule has 0 amide bonds. The number of aliphatic hydroxyl groups excluding tert-OH is 1. The van der Waals surface area contributed by atoms with Gasteiger partial charge in [-0.05, 0) is 25.5 Å². The van der Waals surface area contributed by atoms with Crippen molar-refractivity contribution in [2.45, 2.75) is 24.3 Å². The fourth-order valence-corrected chi connectivity index (χ4v) is 2.61. The average Bonchev–Trinajstić information content (AvgIpc) is 2.28. The van der Waals surface area contributed by atoms with Gasteiger partial charge in [0, 0.05) is 24.8 Å². The molecular weight excluding hydrogens is 260 g/mol. The molecule has 0 aliphatic rings. The smallest absolute Gasteiger partial charge is 0.269 e. The maximum Gasteiger partial charge on any atom is 0.269 e. The van der Waals surface area contributed by atoms with Crippen molar-refractivity contribution in [1.29, 1.82) is 0 Å². The third kappa shape index (κ3) is 3.76. The summed E-state index contributed by atoms with van der Waals surface area (Å²) in [5.74, 6) is 0. The Kier molecular flexibility index (Phi) is 4.76. The minimum atomic E-state index is -3.71. The van der Waals surface area contributed by atoms with Crippen LogP contribution in [0, 0.1) is 10.1 Å². The van der Waals surface area contributed by atoms with E-state index in [-0.39, 0.29) is 17.2 Å². The predicted octanol–water partition coefficient (Wildman–Crippen LogP) is 0.644. The Morgan fingerprint density at radius 2 is 1.94 bits per heavy atom. The topological polar surface area (TPSA) is 110 Å². The summed E-state index contributed by atoms with van der Waals surface area (Å²) in [6, 6.07) is 4.20. The average molecular weight is 274 g/mol. The predicted molar refractivity (Wildman–Crippen MR) is 64.6 cm³/mol. The number of hydrogen-bond donors (Lipinski definition) is 2. The highest BCUT2D eigenvalue weighted by Gasteiger charge is 2.18. The number of aliphatic hydroxyl groups is 1. The quantitative estimate of drug-likeness (QED) is 0.584. The number of rotatable bonds is 6. The van der Waals surface area contributed by atoms with Gasteiger partial charge in [0.05, 0.1) is 9.82 Å². The van der Waals surface area contributed by atoms with Crippen molar-refractivity contribution in [1.82, 2.24) is 4.72 Å². The van der Waals surface area contributed by atoms with Gasteiger partial charge in [-0.25, -0.2) is 13.1 Å². The summed E-state index contributed by atoms with van der Waals surface area (Å²) in [7, 11) is -3.71. The highest BCUT2D eigenvalue weighted by molar-refractivity contribution is 7.89. The van der Waals surface area contributed by atoms with Gasteiger partial charge in [-0.3, -0.25) is 10.1 Å². The van der Waals surface area contributed by atoms with Gasteiger partial charge in [-0.2, -0.15) is 0 Å². The molecule has 0 aliphatic heterocycles. The molecule has 0 saturated carbocycles. The zero-order valence-electron chi connectivity index (χ0n) is 9.74. The Bertz CT molecular complexity index is 512. The Labute approximate surface area is 105 Å². The molecule has 0 heterocycles. The van der Waals surface area contributed by atoms with Crippen LogP contribution in [0.15, 0.2) is 29.2 Å². The summed E-state index contributed by atoms with van der Waals surface area (Å²) >= 11 is 0. The molecule has 0 aliphatic carbocycles. The highest BCUT2D eigenvalue weighted by Crippen LogP contribution is 2.16. The Balaban J connectivity index is 2.88. The van der Waals surface area contributed by atoms with E-state index in [0.29, 0.717) is 6.42 Å². The van der Waals surface area contributed by atoms with Crippen molar-refractivity contribution in [3.05, 3.63) is 34.4 Å². The van der Waals surface area contributed by atoms with E-state index < -0.39 is 21.0 Å². The number of non-ortho nitro benzene ring substituents is 1. The molecule has 0 aromatic heterocycles. The van der Waals surface area contributed by atoms with Gasteiger partial charge >= 0.3 is 0 Å². The molecular formula is C10H14N2O5S. The second kappa shape index (κ2) is 5.89. The van der Waals surface area contributed by atoms with Crippen LogP contribution in [-0.2, 0) is 10.0 Å². The van der Waals surface area contributed by atoms with Crippen LogP contribution in [0.3, 0.4) is 0 Å². The number of nitrogens with one attached hydrogen (secondary N) is 1. The van der Waals surface area contributed by atoms with Crippen LogP contribution in [0.25, 0.3) is 0 Å². The van der Waals surface area contributed by atoms with Crippen molar-refractivity contribution in [3.8, 4) is 0 Å². The van der Waals surface area contributed by atoms with Gasteiger partial charge in [0.2, 0.25) is 10.0 Å². The Hall–Kier alpha value is -1.51. The first kappa shape index (κ1) is 14.6. The molecule has 2 N–H and O–H groups in total. The maximum atomic E-state index is 11.8. The largest absolute Gasteiger partial charge is 0.396 e. The lowest BCUT2D eigenvalue weighted by Gasteiger charge is -2.12. The first-order valence-corrected chi connectivity index (χ1v) is 6.73. The molecule has 0 bridgehead atoms. The first-order chi connectivity index (χ1) is 8.36. The number of hydrogen-bond acceptors (Lipinski definition) is 5. The molecule has 1 aromatic carbocycles. The van der Waals surface area contributed by atoms with Crippen LogP contribution in [0.5, 0.6) is 0 Å². The molecule has 1 unspecified atom stereocenters. The zero-order valence-corrected chi connectivity index (χ0v) is 10.6. The van der Waals surface area contributed by atoms with E-state index in [1.165, 1.54) is 12.1 Å². The molecule has 1 atom stereocenters. The molecule has 8 heteroatoms. The van der Waals surface area contributed by atoms with E-state index in [1.54, 1.807) is 6.92 Å². The van der Waals surface area contributed by atoms with Gasteiger partial charge in [-0.1, -0.05) is 0 Å². The summed E-state index contributed by atoms with van der Waals surface area (Å²) in [4.78, 5) is 9.79. The summed E-state index contributed by atoms with van der Waals surface area (Å²) in [6.45, 7) is 1.50. The summed E-state index contributed by atoms with van der Waals surface area (Å²) < 4.78 is 26.0. The molecule has 1 aromatic rings. The molecule has 0 saturated heterocycles. The second-order valence-electron chi connectivity index (χ2n) is 3.79. The molecule has 18 heavy (non-hydrogen) atoms. The summed E-state index contributed by atoms with van der Waals surface area (Å²) in [5.41, 5.74) is -0.169. The lowest BCUT2D eigenvalue weighted by molar-refractivity contribution is -0.384. The lowest BCUT2D eigenvalue weighted by Crippen LogP contribution is -2.33. The van der Waals surface area contributed by atoms with Crippen molar-refractivity contribution in [3.63, 3.8) is 0 Å². The minimum absolute atomic E-state index is 0.0436. The van der Waals surface area contributed by atoms with E-state index in [2.05, 4.69) is 4.72 Å².